The molecule has 1 amide bonds. The summed E-state index contributed by atoms with van der Waals surface area (Å²) in [6, 6.07) is 18.8. The van der Waals surface area contributed by atoms with Gasteiger partial charge in [0.25, 0.3) is 5.91 Å². The van der Waals surface area contributed by atoms with Gasteiger partial charge >= 0.3 is 0 Å². The van der Waals surface area contributed by atoms with Crippen LogP contribution in [0.1, 0.15) is 22.3 Å². The summed E-state index contributed by atoms with van der Waals surface area (Å²) in [5.41, 5.74) is 4.12. The topological polar surface area (TPSA) is 70.7 Å². The molecule has 5 nitrogen and oxygen atoms in total. The molecule has 0 unspecified atom stereocenters. The number of carbonyl (C=O) groups excluding carboxylic acids is 1. The molecular weight excluding hydrogens is 431 g/mol. The van der Waals surface area contributed by atoms with E-state index in [2.05, 4.69) is 14.9 Å². The molecule has 0 spiro atoms. The van der Waals surface area contributed by atoms with Gasteiger partial charge in [0.1, 0.15) is 0 Å². The van der Waals surface area contributed by atoms with Crippen molar-refractivity contribution in [2.45, 2.75) is 13.0 Å². The van der Waals surface area contributed by atoms with Crippen molar-refractivity contribution in [1.29, 1.82) is 5.26 Å². The molecule has 2 aromatic carbocycles. The third kappa shape index (κ3) is 4.72. The summed E-state index contributed by atoms with van der Waals surface area (Å²) >= 11 is 12.4. The van der Waals surface area contributed by atoms with E-state index >= 15 is 0 Å². The van der Waals surface area contributed by atoms with E-state index in [1.807, 2.05) is 54.9 Å². The smallest absolute Gasteiger partial charge is 0.251 e. The van der Waals surface area contributed by atoms with Crippen LogP contribution in [0.2, 0.25) is 10.0 Å². The van der Waals surface area contributed by atoms with Gasteiger partial charge in [0, 0.05) is 52.0 Å². The zero-order chi connectivity index (χ0) is 21.8. The summed E-state index contributed by atoms with van der Waals surface area (Å²) in [5, 5.41) is 13.6. The van der Waals surface area contributed by atoms with Gasteiger partial charge < -0.3 is 9.88 Å². The Morgan fingerprint density at radius 3 is 2.81 bits per heavy atom. The lowest BCUT2D eigenvalue weighted by Gasteiger charge is -2.10. The van der Waals surface area contributed by atoms with Crippen molar-refractivity contribution in [2.24, 2.45) is 0 Å². The molecule has 154 valence electrons. The Bertz CT molecular complexity index is 1310. The second-order valence-corrected chi connectivity index (χ2v) is 7.90. The lowest BCUT2D eigenvalue weighted by atomic mass is 10.1. The number of rotatable bonds is 6. The van der Waals surface area contributed by atoms with Crippen LogP contribution in [0.15, 0.2) is 67.0 Å². The molecule has 0 saturated carbocycles. The fourth-order valence-electron chi connectivity index (χ4n) is 3.37. The van der Waals surface area contributed by atoms with Crippen LogP contribution in [0.3, 0.4) is 0 Å². The van der Waals surface area contributed by atoms with Crippen LogP contribution in [0, 0.1) is 11.3 Å². The summed E-state index contributed by atoms with van der Waals surface area (Å²) in [5.74, 6) is -0.209. The van der Waals surface area contributed by atoms with E-state index < -0.39 is 0 Å². The molecule has 31 heavy (non-hydrogen) atoms. The van der Waals surface area contributed by atoms with Crippen LogP contribution >= 0.6 is 23.2 Å². The fraction of sp³-hybridized carbons (Fsp3) is 0.125. The summed E-state index contributed by atoms with van der Waals surface area (Å²) < 4.78 is 2.11. The largest absolute Gasteiger partial charge is 0.351 e. The summed E-state index contributed by atoms with van der Waals surface area (Å²) in [6.07, 6.45) is 4.10. The molecule has 2 heterocycles. The number of nitrogens with one attached hydrogen (secondary N) is 1. The molecule has 0 aliphatic carbocycles. The number of amides is 1. The standard InChI is InChI=1S/C24H18Cl2N4O/c25-20-6-5-19(21(26)12-20)15-30-10-7-18-14-29-22(13-23(18)30)16-3-1-4-17(11-16)24(31)28-9-2-8-27/h1,3-7,10-14H,2,9,15H2,(H,28,31). The molecule has 7 heteroatoms. The quantitative estimate of drug-likeness (QED) is 0.384. The number of nitriles is 1. The van der Waals surface area contributed by atoms with Gasteiger partial charge in [-0.2, -0.15) is 5.26 Å². The van der Waals surface area contributed by atoms with E-state index in [4.69, 9.17) is 28.5 Å². The maximum atomic E-state index is 12.3. The first-order chi connectivity index (χ1) is 15.0. The van der Waals surface area contributed by atoms with Crippen molar-refractivity contribution < 1.29 is 4.79 Å². The molecule has 0 bridgehead atoms. The Labute approximate surface area is 189 Å². The number of halogens is 2. The van der Waals surface area contributed by atoms with Gasteiger partial charge in [0.2, 0.25) is 0 Å². The first-order valence-electron chi connectivity index (χ1n) is 9.69. The fourth-order valence-corrected chi connectivity index (χ4v) is 3.83. The zero-order valence-corrected chi connectivity index (χ0v) is 18.0. The van der Waals surface area contributed by atoms with Crippen LogP contribution in [-0.4, -0.2) is 22.0 Å². The first-order valence-corrected chi connectivity index (χ1v) is 10.4. The monoisotopic (exact) mass is 448 g/mol. The second-order valence-electron chi connectivity index (χ2n) is 7.05. The third-order valence-electron chi connectivity index (χ3n) is 4.95. The molecule has 4 aromatic rings. The third-order valence-corrected chi connectivity index (χ3v) is 5.54. The minimum Gasteiger partial charge on any atom is -0.351 e. The SMILES string of the molecule is N#CCCNC(=O)c1cccc(-c2cc3c(ccn3Cc3ccc(Cl)cc3Cl)cn2)c1. The highest BCUT2D eigenvalue weighted by Gasteiger charge is 2.10. The maximum Gasteiger partial charge on any atom is 0.251 e. The predicted octanol–water partition coefficient (Wildman–Crippen LogP) is 5.70. The maximum absolute atomic E-state index is 12.3. The van der Waals surface area contributed by atoms with E-state index in [0.29, 0.717) is 28.7 Å². The number of fused-ring (bicyclic) bond motifs is 1. The first kappa shape index (κ1) is 20.9. The minimum absolute atomic E-state index is 0.209. The van der Waals surface area contributed by atoms with Crippen molar-refractivity contribution >= 4 is 40.0 Å². The molecule has 0 atom stereocenters. The number of nitrogens with zero attached hydrogens (tertiary/aromatic N) is 3. The number of aromatic nitrogens is 2. The average molecular weight is 449 g/mol. The van der Waals surface area contributed by atoms with Crippen molar-refractivity contribution in [3.63, 3.8) is 0 Å². The lowest BCUT2D eigenvalue weighted by molar-refractivity contribution is 0.0954. The number of hydrogen-bond acceptors (Lipinski definition) is 3. The van der Waals surface area contributed by atoms with Crippen LogP contribution in [0.5, 0.6) is 0 Å². The highest BCUT2D eigenvalue weighted by molar-refractivity contribution is 6.35. The van der Waals surface area contributed by atoms with Gasteiger partial charge in [-0.1, -0.05) is 41.4 Å². The Kier molecular flexibility index (Phi) is 6.22. The summed E-state index contributed by atoms with van der Waals surface area (Å²) in [6.45, 7) is 0.925. The minimum atomic E-state index is -0.209. The van der Waals surface area contributed by atoms with E-state index in [0.717, 1.165) is 27.7 Å². The Morgan fingerprint density at radius 1 is 1.13 bits per heavy atom. The van der Waals surface area contributed by atoms with Crippen molar-refractivity contribution in [1.82, 2.24) is 14.9 Å². The molecule has 4 rings (SSSR count). The normalized spacial score (nSPS) is 10.7. The number of pyridine rings is 1. The van der Waals surface area contributed by atoms with Crippen LogP contribution < -0.4 is 5.32 Å². The summed E-state index contributed by atoms with van der Waals surface area (Å²) in [4.78, 5) is 16.9. The van der Waals surface area contributed by atoms with E-state index in [1.165, 1.54) is 0 Å². The molecule has 0 aliphatic heterocycles. The second kappa shape index (κ2) is 9.22. The Balaban J connectivity index is 1.64. The van der Waals surface area contributed by atoms with Gasteiger partial charge in [-0.25, -0.2) is 0 Å². The summed E-state index contributed by atoms with van der Waals surface area (Å²) in [7, 11) is 0. The Hall–Kier alpha value is -3.33. The van der Waals surface area contributed by atoms with Crippen molar-refractivity contribution in [3.8, 4) is 17.3 Å². The highest BCUT2D eigenvalue weighted by atomic mass is 35.5. The molecule has 0 aliphatic rings. The van der Waals surface area contributed by atoms with E-state index in [9.17, 15) is 4.79 Å². The molecule has 0 saturated heterocycles. The lowest BCUT2D eigenvalue weighted by Crippen LogP contribution is -2.24. The van der Waals surface area contributed by atoms with Crippen molar-refractivity contribution in [3.05, 3.63) is 88.2 Å². The Morgan fingerprint density at radius 2 is 2.00 bits per heavy atom. The van der Waals surface area contributed by atoms with E-state index in [-0.39, 0.29) is 12.3 Å². The molecule has 2 aromatic heterocycles. The highest BCUT2D eigenvalue weighted by Crippen LogP contribution is 2.26. The van der Waals surface area contributed by atoms with Gasteiger partial charge in [-0.15, -0.1) is 0 Å². The average Bonchev–Trinajstić information content (AvgIpc) is 3.18. The van der Waals surface area contributed by atoms with E-state index in [1.54, 1.807) is 18.2 Å². The molecule has 0 fully saturated rings. The zero-order valence-electron chi connectivity index (χ0n) is 16.5. The van der Waals surface area contributed by atoms with Gasteiger partial charge in [0.05, 0.1) is 23.7 Å². The molecule has 0 radical (unpaired) electrons. The molecular formula is C24H18Cl2N4O. The molecule has 1 N–H and O–H groups in total. The number of benzene rings is 2. The van der Waals surface area contributed by atoms with Crippen LogP contribution in [0.4, 0.5) is 0 Å². The number of hydrogen-bond donors (Lipinski definition) is 1. The van der Waals surface area contributed by atoms with Crippen molar-refractivity contribution in [2.75, 3.05) is 6.54 Å². The predicted molar refractivity (Wildman–Crippen MR) is 123 cm³/mol. The van der Waals surface area contributed by atoms with Crippen LogP contribution in [-0.2, 0) is 6.54 Å². The number of carbonyl (C=O) groups is 1. The van der Waals surface area contributed by atoms with Gasteiger partial charge in [-0.05, 0) is 42.0 Å². The van der Waals surface area contributed by atoms with Gasteiger partial charge in [-0.3, -0.25) is 9.78 Å². The van der Waals surface area contributed by atoms with Gasteiger partial charge in [0.15, 0.2) is 0 Å². The van der Waals surface area contributed by atoms with Crippen LogP contribution in [0.25, 0.3) is 22.2 Å².